The second-order valence-electron chi connectivity index (χ2n) is 5.93. The summed E-state index contributed by atoms with van der Waals surface area (Å²) in [4.78, 5) is 12.1. The van der Waals surface area contributed by atoms with Gasteiger partial charge in [0.2, 0.25) is 0 Å². The zero-order valence-electron chi connectivity index (χ0n) is 15.0. The lowest BCUT2D eigenvalue weighted by atomic mass is 10.1. The lowest BCUT2D eigenvalue weighted by molar-refractivity contribution is -0.127. The van der Waals surface area contributed by atoms with Gasteiger partial charge in [0.15, 0.2) is 17.6 Å². The average molecular weight is 364 g/mol. The molecule has 0 fully saturated rings. The molecule has 6 nitrogen and oxygen atoms in total. The zero-order chi connectivity index (χ0) is 19.2. The number of nitrogens with one attached hydrogen (secondary N) is 1. The molecule has 0 aromatic heterocycles. The number of ether oxygens (including phenoxy) is 2. The Morgan fingerprint density at radius 2 is 1.89 bits per heavy atom. The topological polar surface area (TPSA) is 80.2 Å². The third-order valence-corrected chi connectivity index (χ3v) is 3.99. The number of hydrogen-bond donors (Lipinski definition) is 2. The Bertz CT molecular complexity index is 985. The number of hydrogen-bond acceptors (Lipinski definition) is 5. The summed E-state index contributed by atoms with van der Waals surface area (Å²) in [5.41, 5.74) is 3.05. The fourth-order valence-electron chi connectivity index (χ4n) is 2.55. The molecule has 1 atom stereocenters. The first-order chi connectivity index (χ1) is 13.1. The second kappa shape index (κ2) is 8.23. The molecule has 27 heavy (non-hydrogen) atoms. The van der Waals surface area contributed by atoms with Gasteiger partial charge in [-0.2, -0.15) is 5.10 Å². The quantitative estimate of drug-likeness (QED) is 0.518. The van der Waals surface area contributed by atoms with Crippen LogP contribution in [0.1, 0.15) is 12.5 Å². The molecule has 0 bridgehead atoms. The van der Waals surface area contributed by atoms with Crippen molar-refractivity contribution in [1.82, 2.24) is 5.43 Å². The molecule has 138 valence electrons. The fraction of sp³-hybridized carbons (Fsp3) is 0.143. The monoisotopic (exact) mass is 364 g/mol. The number of fused-ring (bicyclic) bond motifs is 1. The van der Waals surface area contributed by atoms with Gasteiger partial charge in [-0.3, -0.25) is 4.79 Å². The number of methoxy groups -OCH3 is 1. The number of phenolic OH excluding ortho intramolecular Hbond substituents is 1. The number of hydrazone groups is 1. The van der Waals surface area contributed by atoms with Crippen molar-refractivity contribution in [1.29, 1.82) is 0 Å². The van der Waals surface area contributed by atoms with E-state index in [1.807, 2.05) is 42.5 Å². The summed E-state index contributed by atoms with van der Waals surface area (Å²) < 4.78 is 10.7. The van der Waals surface area contributed by atoms with Crippen LogP contribution in [0.5, 0.6) is 17.2 Å². The highest BCUT2D eigenvalue weighted by Gasteiger charge is 2.14. The molecule has 0 aliphatic carbocycles. The van der Waals surface area contributed by atoms with E-state index in [4.69, 9.17) is 9.47 Å². The third kappa shape index (κ3) is 4.55. The van der Waals surface area contributed by atoms with Crippen LogP contribution in [0, 0.1) is 0 Å². The molecule has 0 aliphatic heterocycles. The molecule has 3 rings (SSSR count). The molecule has 0 saturated carbocycles. The normalized spacial score (nSPS) is 12.1. The molecule has 2 N–H and O–H groups in total. The van der Waals surface area contributed by atoms with Gasteiger partial charge in [0, 0.05) is 0 Å². The molecule has 0 radical (unpaired) electrons. The highest BCUT2D eigenvalue weighted by Crippen LogP contribution is 2.25. The number of benzene rings is 3. The van der Waals surface area contributed by atoms with Gasteiger partial charge in [-0.1, -0.05) is 30.3 Å². The number of phenols is 1. The Morgan fingerprint density at radius 1 is 1.11 bits per heavy atom. The summed E-state index contributed by atoms with van der Waals surface area (Å²) >= 11 is 0. The van der Waals surface area contributed by atoms with Crippen molar-refractivity contribution in [3.8, 4) is 17.2 Å². The Hall–Kier alpha value is -3.54. The molecule has 0 saturated heterocycles. The number of aromatic hydroxyl groups is 1. The number of rotatable bonds is 6. The SMILES string of the molecule is COc1ccc(/C=N\NC(=O)[C@H](C)Oc2ccc3ccccc3c2)cc1O. The first kappa shape index (κ1) is 18.3. The van der Waals surface area contributed by atoms with Crippen LogP contribution in [0.4, 0.5) is 0 Å². The van der Waals surface area contributed by atoms with Crippen molar-refractivity contribution < 1.29 is 19.4 Å². The number of amides is 1. The lowest BCUT2D eigenvalue weighted by Gasteiger charge is -2.13. The molecule has 3 aromatic carbocycles. The Labute approximate surface area is 157 Å². The summed E-state index contributed by atoms with van der Waals surface area (Å²) in [6.45, 7) is 1.65. The first-order valence-corrected chi connectivity index (χ1v) is 8.42. The minimum atomic E-state index is -0.715. The Balaban J connectivity index is 1.59. The molecule has 0 aliphatic rings. The zero-order valence-corrected chi connectivity index (χ0v) is 15.0. The number of carbonyl (C=O) groups excluding carboxylic acids is 1. The van der Waals surface area contributed by atoms with Gasteiger partial charge in [-0.25, -0.2) is 5.43 Å². The standard InChI is InChI=1S/C21H20N2O4/c1-14(27-18-9-8-16-5-3-4-6-17(16)12-18)21(25)23-22-13-15-7-10-20(26-2)19(24)11-15/h3-14,24H,1-2H3,(H,23,25)/b22-13-/t14-/m0/s1. The van der Waals surface area contributed by atoms with E-state index in [1.165, 1.54) is 19.4 Å². The van der Waals surface area contributed by atoms with Gasteiger partial charge in [-0.05, 0) is 53.6 Å². The van der Waals surface area contributed by atoms with E-state index < -0.39 is 6.10 Å². The summed E-state index contributed by atoms with van der Waals surface area (Å²) in [7, 11) is 1.47. The summed E-state index contributed by atoms with van der Waals surface area (Å²) in [5.74, 6) is 0.604. The molecular formula is C21H20N2O4. The average Bonchev–Trinajstić information content (AvgIpc) is 2.68. The Kier molecular flexibility index (Phi) is 5.56. The van der Waals surface area contributed by atoms with Crippen molar-refractivity contribution in [2.75, 3.05) is 7.11 Å². The maximum absolute atomic E-state index is 12.1. The first-order valence-electron chi connectivity index (χ1n) is 8.42. The molecule has 6 heteroatoms. The minimum Gasteiger partial charge on any atom is -0.504 e. The molecule has 0 spiro atoms. The van der Waals surface area contributed by atoms with Crippen LogP contribution in [0.2, 0.25) is 0 Å². The van der Waals surface area contributed by atoms with Crippen molar-refractivity contribution in [3.63, 3.8) is 0 Å². The van der Waals surface area contributed by atoms with Crippen molar-refractivity contribution in [3.05, 3.63) is 66.2 Å². The van der Waals surface area contributed by atoms with Gasteiger partial charge in [0.25, 0.3) is 5.91 Å². The van der Waals surface area contributed by atoms with Crippen LogP contribution in [0.3, 0.4) is 0 Å². The lowest BCUT2D eigenvalue weighted by Crippen LogP contribution is -2.33. The number of nitrogens with zero attached hydrogens (tertiary/aromatic N) is 1. The van der Waals surface area contributed by atoms with E-state index in [1.54, 1.807) is 19.1 Å². The van der Waals surface area contributed by atoms with E-state index in [2.05, 4.69) is 10.5 Å². The maximum atomic E-state index is 12.1. The van der Waals surface area contributed by atoms with Crippen molar-refractivity contribution in [2.45, 2.75) is 13.0 Å². The van der Waals surface area contributed by atoms with Gasteiger partial charge < -0.3 is 14.6 Å². The highest BCUT2D eigenvalue weighted by molar-refractivity contribution is 5.86. The predicted octanol–water partition coefficient (Wildman–Crippen LogP) is 3.47. The Morgan fingerprint density at radius 3 is 2.63 bits per heavy atom. The van der Waals surface area contributed by atoms with Crippen LogP contribution in [-0.2, 0) is 4.79 Å². The highest BCUT2D eigenvalue weighted by atomic mass is 16.5. The molecular weight excluding hydrogens is 344 g/mol. The number of carbonyl (C=O) groups is 1. The summed E-state index contributed by atoms with van der Waals surface area (Å²) in [6, 6.07) is 18.4. The third-order valence-electron chi connectivity index (χ3n) is 3.99. The largest absolute Gasteiger partial charge is 0.504 e. The van der Waals surface area contributed by atoms with Crippen molar-refractivity contribution in [2.24, 2.45) is 5.10 Å². The fourth-order valence-corrected chi connectivity index (χ4v) is 2.55. The summed E-state index contributed by atoms with van der Waals surface area (Å²) in [6.07, 6.45) is 0.715. The molecule has 3 aromatic rings. The minimum absolute atomic E-state index is 0.000724. The van der Waals surface area contributed by atoms with Crippen LogP contribution in [0.15, 0.2) is 65.8 Å². The molecule has 1 amide bonds. The smallest absolute Gasteiger partial charge is 0.280 e. The van der Waals surface area contributed by atoms with Crippen LogP contribution < -0.4 is 14.9 Å². The van der Waals surface area contributed by atoms with E-state index in [-0.39, 0.29) is 11.7 Å². The second-order valence-corrected chi connectivity index (χ2v) is 5.93. The van der Waals surface area contributed by atoms with Gasteiger partial charge >= 0.3 is 0 Å². The predicted molar refractivity (Wildman–Crippen MR) is 104 cm³/mol. The van der Waals surface area contributed by atoms with Crippen LogP contribution in [-0.4, -0.2) is 30.4 Å². The van der Waals surface area contributed by atoms with Crippen molar-refractivity contribution >= 4 is 22.9 Å². The van der Waals surface area contributed by atoms with Crippen LogP contribution in [0.25, 0.3) is 10.8 Å². The van der Waals surface area contributed by atoms with Gasteiger partial charge in [-0.15, -0.1) is 0 Å². The summed E-state index contributed by atoms with van der Waals surface area (Å²) in [5, 5.41) is 15.8. The maximum Gasteiger partial charge on any atom is 0.280 e. The van der Waals surface area contributed by atoms with E-state index in [0.717, 1.165) is 10.8 Å². The van der Waals surface area contributed by atoms with Crippen LogP contribution >= 0.6 is 0 Å². The molecule has 0 heterocycles. The van der Waals surface area contributed by atoms with Gasteiger partial charge in [0.05, 0.1) is 13.3 Å². The molecule has 0 unspecified atom stereocenters. The van der Waals surface area contributed by atoms with Gasteiger partial charge in [0.1, 0.15) is 5.75 Å². The van der Waals surface area contributed by atoms with E-state index in [9.17, 15) is 9.90 Å². The van der Waals surface area contributed by atoms with E-state index >= 15 is 0 Å². The van der Waals surface area contributed by atoms with E-state index in [0.29, 0.717) is 17.1 Å².